The molecule has 1 aliphatic rings. The van der Waals surface area contributed by atoms with Crippen LogP contribution < -0.4 is 4.74 Å². The molecule has 18 heavy (non-hydrogen) atoms. The molecule has 98 valence electrons. The van der Waals surface area contributed by atoms with E-state index < -0.39 is 0 Å². The van der Waals surface area contributed by atoms with Gasteiger partial charge in [-0.15, -0.1) is 18.8 Å². The van der Waals surface area contributed by atoms with E-state index in [1.807, 2.05) is 6.07 Å². The number of ether oxygens (including phenoxy) is 1. The number of benzene rings is 1. The maximum Gasteiger partial charge on any atom is 0.122 e. The van der Waals surface area contributed by atoms with Crippen molar-refractivity contribution in [1.82, 2.24) is 4.90 Å². The van der Waals surface area contributed by atoms with E-state index in [9.17, 15) is 0 Å². The molecule has 0 bridgehead atoms. The van der Waals surface area contributed by atoms with Crippen LogP contribution in [0.25, 0.3) is 0 Å². The van der Waals surface area contributed by atoms with Gasteiger partial charge in [0.15, 0.2) is 0 Å². The molecule has 1 aliphatic carbocycles. The lowest BCUT2D eigenvalue weighted by Crippen LogP contribution is -2.36. The number of hydrogen-bond donors (Lipinski definition) is 0. The largest absolute Gasteiger partial charge is 0.496 e. The van der Waals surface area contributed by atoms with Crippen molar-refractivity contribution in [2.24, 2.45) is 0 Å². The Balaban J connectivity index is 0.00000162. The lowest BCUT2D eigenvalue weighted by Gasteiger charge is -2.32. The van der Waals surface area contributed by atoms with Crippen LogP contribution in [0.1, 0.15) is 17.5 Å². The minimum atomic E-state index is 0. The first-order chi connectivity index (χ1) is 8.26. The summed E-state index contributed by atoms with van der Waals surface area (Å²) in [4.78, 5) is 2.26. The van der Waals surface area contributed by atoms with Crippen molar-refractivity contribution in [3.8, 4) is 18.1 Å². The van der Waals surface area contributed by atoms with Gasteiger partial charge < -0.3 is 4.74 Å². The van der Waals surface area contributed by atoms with E-state index in [2.05, 4.69) is 30.0 Å². The number of fused-ring (bicyclic) bond motifs is 1. The Morgan fingerprint density at radius 1 is 1.50 bits per heavy atom. The van der Waals surface area contributed by atoms with Gasteiger partial charge in [-0.05, 0) is 43.5 Å². The average Bonchev–Trinajstić information content (AvgIpc) is 2.37. The summed E-state index contributed by atoms with van der Waals surface area (Å²) in [7, 11) is 3.84. The summed E-state index contributed by atoms with van der Waals surface area (Å²) >= 11 is 0. The number of likely N-dealkylation sites (N-methyl/N-ethyl adjacent to an activating group) is 1. The van der Waals surface area contributed by atoms with E-state index >= 15 is 0 Å². The van der Waals surface area contributed by atoms with Crippen molar-refractivity contribution in [2.45, 2.75) is 25.3 Å². The summed E-state index contributed by atoms with van der Waals surface area (Å²) in [5.74, 6) is 3.73. The predicted octanol–water partition coefficient (Wildman–Crippen LogP) is 2.54. The number of terminal acetylenes is 1. The zero-order valence-electron chi connectivity index (χ0n) is 11.0. The van der Waals surface area contributed by atoms with Crippen LogP contribution in [0.2, 0.25) is 0 Å². The smallest absolute Gasteiger partial charge is 0.122 e. The number of rotatable bonds is 3. The van der Waals surface area contributed by atoms with E-state index in [-0.39, 0.29) is 12.4 Å². The molecular weight excluding hydrogens is 246 g/mol. The Labute approximate surface area is 116 Å². The monoisotopic (exact) mass is 265 g/mol. The number of halogens is 1. The first-order valence-corrected chi connectivity index (χ1v) is 6.04. The molecule has 0 heterocycles. The molecule has 0 saturated heterocycles. The highest BCUT2D eigenvalue weighted by Gasteiger charge is 2.23. The van der Waals surface area contributed by atoms with Crippen molar-refractivity contribution in [3.63, 3.8) is 0 Å². The van der Waals surface area contributed by atoms with Crippen LogP contribution in [-0.4, -0.2) is 31.6 Å². The first-order valence-electron chi connectivity index (χ1n) is 6.04. The van der Waals surface area contributed by atoms with Crippen LogP contribution in [-0.2, 0) is 12.8 Å². The highest BCUT2D eigenvalue weighted by Crippen LogP contribution is 2.30. The van der Waals surface area contributed by atoms with Gasteiger partial charge in [-0.1, -0.05) is 18.1 Å². The highest BCUT2D eigenvalue weighted by molar-refractivity contribution is 5.85. The molecule has 2 rings (SSSR count). The fourth-order valence-corrected chi connectivity index (χ4v) is 2.58. The van der Waals surface area contributed by atoms with Crippen LogP contribution in [0.5, 0.6) is 5.75 Å². The summed E-state index contributed by atoms with van der Waals surface area (Å²) in [6.45, 7) is 0.717. The van der Waals surface area contributed by atoms with Crippen LogP contribution in [0.15, 0.2) is 18.2 Å². The van der Waals surface area contributed by atoms with Gasteiger partial charge in [-0.25, -0.2) is 0 Å². The zero-order valence-corrected chi connectivity index (χ0v) is 11.8. The summed E-state index contributed by atoms with van der Waals surface area (Å²) < 4.78 is 5.44. The Bertz CT molecular complexity index is 424. The molecule has 3 heteroatoms. The van der Waals surface area contributed by atoms with Gasteiger partial charge in [-0.3, -0.25) is 4.90 Å². The Hall–Kier alpha value is -1.17. The van der Waals surface area contributed by atoms with Crippen molar-refractivity contribution in [1.29, 1.82) is 0 Å². The minimum absolute atomic E-state index is 0. The van der Waals surface area contributed by atoms with E-state index in [0.29, 0.717) is 6.04 Å². The second kappa shape index (κ2) is 6.68. The number of aryl methyl sites for hydroxylation is 1. The van der Waals surface area contributed by atoms with E-state index in [1.165, 1.54) is 17.5 Å². The SMILES string of the molecule is C#CCN(C)C1CCc2cccc(OC)c2C1.Cl. The van der Waals surface area contributed by atoms with E-state index in [0.717, 1.165) is 25.1 Å². The maximum atomic E-state index is 5.44. The Morgan fingerprint density at radius 3 is 2.94 bits per heavy atom. The fourth-order valence-electron chi connectivity index (χ4n) is 2.58. The number of nitrogens with zero attached hydrogens (tertiary/aromatic N) is 1. The second-order valence-electron chi connectivity index (χ2n) is 4.61. The highest BCUT2D eigenvalue weighted by atomic mass is 35.5. The number of methoxy groups -OCH3 is 1. The molecule has 0 radical (unpaired) electrons. The molecule has 0 amide bonds. The molecule has 1 unspecified atom stereocenters. The summed E-state index contributed by atoms with van der Waals surface area (Å²) in [6.07, 6.45) is 8.71. The molecule has 2 nitrogen and oxygen atoms in total. The standard InChI is InChI=1S/C15H19NO.ClH/c1-4-10-16(2)13-9-8-12-6-5-7-15(17-3)14(12)11-13;/h1,5-7,13H,8-11H2,2-3H3;1H. The second-order valence-corrected chi connectivity index (χ2v) is 4.61. The first kappa shape index (κ1) is 14.9. The van der Waals surface area contributed by atoms with Crippen LogP contribution >= 0.6 is 12.4 Å². The summed E-state index contributed by atoms with van der Waals surface area (Å²) in [6, 6.07) is 6.86. The normalized spacial score (nSPS) is 17.6. The lowest BCUT2D eigenvalue weighted by atomic mass is 9.87. The van der Waals surface area contributed by atoms with Crippen molar-refractivity contribution in [3.05, 3.63) is 29.3 Å². The number of hydrogen-bond acceptors (Lipinski definition) is 2. The maximum absolute atomic E-state index is 5.44. The summed E-state index contributed by atoms with van der Waals surface area (Å²) in [5, 5.41) is 0. The quantitative estimate of drug-likeness (QED) is 0.779. The molecular formula is C15H20ClNO. The zero-order chi connectivity index (χ0) is 12.3. The fraction of sp³-hybridized carbons (Fsp3) is 0.467. The lowest BCUT2D eigenvalue weighted by molar-refractivity contribution is 0.244. The molecule has 0 aromatic heterocycles. The van der Waals surface area contributed by atoms with Crippen molar-refractivity contribution in [2.75, 3.05) is 20.7 Å². The Morgan fingerprint density at radius 2 is 2.28 bits per heavy atom. The van der Waals surface area contributed by atoms with Gasteiger partial charge in [0, 0.05) is 6.04 Å². The molecule has 0 saturated carbocycles. The van der Waals surface area contributed by atoms with Gasteiger partial charge in [0.2, 0.25) is 0 Å². The van der Waals surface area contributed by atoms with E-state index in [4.69, 9.17) is 11.2 Å². The topological polar surface area (TPSA) is 12.5 Å². The molecule has 0 spiro atoms. The predicted molar refractivity (Wildman–Crippen MR) is 77.5 cm³/mol. The van der Waals surface area contributed by atoms with Crippen LogP contribution in [0.4, 0.5) is 0 Å². The molecule has 0 aliphatic heterocycles. The molecule has 0 fully saturated rings. The minimum Gasteiger partial charge on any atom is -0.496 e. The van der Waals surface area contributed by atoms with Gasteiger partial charge in [0.25, 0.3) is 0 Å². The van der Waals surface area contributed by atoms with E-state index in [1.54, 1.807) is 7.11 Å². The molecule has 1 aromatic carbocycles. The van der Waals surface area contributed by atoms with Gasteiger partial charge in [0.1, 0.15) is 5.75 Å². The van der Waals surface area contributed by atoms with Crippen LogP contribution in [0, 0.1) is 12.3 Å². The summed E-state index contributed by atoms with van der Waals surface area (Å²) in [5.41, 5.74) is 2.78. The molecule has 1 atom stereocenters. The average molecular weight is 266 g/mol. The van der Waals surface area contributed by atoms with Gasteiger partial charge in [-0.2, -0.15) is 0 Å². The third kappa shape index (κ3) is 2.98. The van der Waals surface area contributed by atoms with Gasteiger partial charge >= 0.3 is 0 Å². The molecule has 0 N–H and O–H groups in total. The Kier molecular flexibility index (Phi) is 5.53. The third-order valence-electron chi connectivity index (χ3n) is 3.60. The van der Waals surface area contributed by atoms with Gasteiger partial charge in [0.05, 0.1) is 13.7 Å². The van der Waals surface area contributed by atoms with Crippen molar-refractivity contribution >= 4 is 12.4 Å². The van der Waals surface area contributed by atoms with Crippen molar-refractivity contribution < 1.29 is 4.74 Å². The molecule has 1 aromatic rings. The third-order valence-corrected chi connectivity index (χ3v) is 3.60. The van der Waals surface area contributed by atoms with Crippen LogP contribution in [0.3, 0.4) is 0 Å².